The zero-order chi connectivity index (χ0) is 20.1. The van der Waals surface area contributed by atoms with E-state index in [9.17, 15) is 10.1 Å². The number of carbonyl (C=O) groups excluding carboxylic acids is 1. The van der Waals surface area contributed by atoms with Gasteiger partial charge >= 0.3 is 0 Å². The summed E-state index contributed by atoms with van der Waals surface area (Å²) in [5.41, 5.74) is 2.54. The topological polar surface area (TPSA) is 82.8 Å². The molecule has 1 fully saturated rings. The van der Waals surface area contributed by atoms with Gasteiger partial charge in [-0.05, 0) is 49.2 Å². The molecule has 3 aromatic heterocycles. The van der Waals surface area contributed by atoms with E-state index in [4.69, 9.17) is 0 Å². The van der Waals surface area contributed by atoms with Gasteiger partial charge in [-0.25, -0.2) is 0 Å². The third kappa shape index (κ3) is 3.99. The molecule has 0 atom stereocenters. The molecule has 0 N–H and O–H groups in total. The number of piperidine rings is 1. The number of amides is 1. The predicted octanol–water partition coefficient (Wildman–Crippen LogP) is 3.53. The first kappa shape index (κ1) is 18.8. The zero-order valence-corrected chi connectivity index (χ0v) is 16.0. The van der Waals surface area contributed by atoms with Crippen molar-refractivity contribution in [1.82, 2.24) is 19.9 Å². The van der Waals surface area contributed by atoms with Crippen LogP contribution < -0.4 is 0 Å². The van der Waals surface area contributed by atoms with Crippen molar-refractivity contribution in [2.45, 2.75) is 19.3 Å². The maximum atomic E-state index is 13.2. The van der Waals surface area contributed by atoms with Crippen molar-refractivity contribution < 1.29 is 4.79 Å². The van der Waals surface area contributed by atoms with Gasteiger partial charge in [0.25, 0.3) is 5.91 Å². The van der Waals surface area contributed by atoms with Crippen LogP contribution in [0.4, 0.5) is 0 Å². The molecule has 0 unspecified atom stereocenters. The van der Waals surface area contributed by atoms with Gasteiger partial charge in [-0.2, -0.15) is 5.26 Å². The van der Waals surface area contributed by atoms with Crippen molar-refractivity contribution in [2.75, 3.05) is 13.1 Å². The lowest BCUT2D eigenvalue weighted by Crippen LogP contribution is -2.43. The Balaban J connectivity index is 1.51. The molecule has 0 aliphatic carbocycles. The minimum Gasteiger partial charge on any atom is -0.338 e. The van der Waals surface area contributed by atoms with Gasteiger partial charge in [0.05, 0.1) is 22.7 Å². The lowest BCUT2D eigenvalue weighted by atomic mass is 9.76. The van der Waals surface area contributed by atoms with Crippen LogP contribution in [0.5, 0.6) is 0 Å². The van der Waals surface area contributed by atoms with Gasteiger partial charge < -0.3 is 4.90 Å². The monoisotopic (exact) mass is 383 g/mol. The Kier molecular flexibility index (Phi) is 5.30. The summed E-state index contributed by atoms with van der Waals surface area (Å²) in [6.45, 7) is 1.09. The Morgan fingerprint density at radius 1 is 1.00 bits per heavy atom. The van der Waals surface area contributed by atoms with Gasteiger partial charge in [-0.3, -0.25) is 19.7 Å². The average Bonchev–Trinajstić information content (AvgIpc) is 2.80. The highest BCUT2D eigenvalue weighted by Crippen LogP contribution is 2.35. The molecule has 0 radical (unpaired) electrons. The van der Waals surface area contributed by atoms with Crippen LogP contribution in [0.3, 0.4) is 0 Å². The highest BCUT2D eigenvalue weighted by molar-refractivity contribution is 5.99. The van der Waals surface area contributed by atoms with Crippen LogP contribution in [0, 0.1) is 16.7 Å². The number of likely N-dealkylation sites (tertiary alicyclic amines) is 1. The van der Waals surface area contributed by atoms with Gasteiger partial charge in [0.1, 0.15) is 0 Å². The fourth-order valence-corrected chi connectivity index (χ4v) is 3.80. The summed E-state index contributed by atoms with van der Waals surface area (Å²) < 4.78 is 0. The van der Waals surface area contributed by atoms with Crippen molar-refractivity contribution in [3.05, 3.63) is 78.5 Å². The molecule has 1 aliphatic rings. The largest absolute Gasteiger partial charge is 0.338 e. The van der Waals surface area contributed by atoms with Gasteiger partial charge in [-0.1, -0.05) is 6.07 Å². The summed E-state index contributed by atoms with van der Waals surface area (Å²) in [6, 6.07) is 15.6. The third-order valence-electron chi connectivity index (χ3n) is 5.48. The molecule has 0 aromatic carbocycles. The van der Waals surface area contributed by atoms with E-state index in [1.54, 1.807) is 30.9 Å². The summed E-state index contributed by atoms with van der Waals surface area (Å²) in [5.74, 6) is -0.0470. The lowest BCUT2D eigenvalue weighted by Gasteiger charge is -2.37. The van der Waals surface area contributed by atoms with Crippen LogP contribution in [-0.4, -0.2) is 38.8 Å². The van der Waals surface area contributed by atoms with Crippen LogP contribution in [0.2, 0.25) is 0 Å². The Morgan fingerprint density at radius 3 is 2.45 bits per heavy atom. The molecule has 29 heavy (non-hydrogen) atoms. The van der Waals surface area contributed by atoms with E-state index in [-0.39, 0.29) is 5.91 Å². The maximum absolute atomic E-state index is 13.2. The first-order valence-electron chi connectivity index (χ1n) is 9.67. The summed E-state index contributed by atoms with van der Waals surface area (Å²) in [4.78, 5) is 27.9. The van der Waals surface area contributed by atoms with Crippen molar-refractivity contribution in [3.63, 3.8) is 0 Å². The van der Waals surface area contributed by atoms with E-state index in [0.717, 1.165) is 11.3 Å². The number of aromatic nitrogens is 3. The molecule has 6 nitrogen and oxygen atoms in total. The Bertz CT molecular complexity index is 1020. The van der Waals surface area contributed by atoms with Crippen LogP contribution in [-0.2, 0) is 6.42 Å². The number of hydrogen-bond donors (Lipinski definition) is 0. The molecule has 1 saturated heterocycles. The Labute approximate surface area is 169 Å². The minimum absolute atomic E-state index is 0.0470. The van der Waals surface area contributed by atoms with Crippen molar-refractivity contribution in [3.8, 4) is 17.3 Å². The second-order valence-corrected chi connectivity index (χ2v) is 7.32. The molecule has 1 amide bonds. The van der Waals surface area contributed by atoms with Crippen LogP contribution in [0.25, 0.3) is 11.3 Å². The predicted molar refractivity (Wildman–Crippen MR) is 109 cm³/mol. The van der Waals surface area contributed by atoms with Crippen molar-refractivity contribution in [1.29, 1.82) is 5.26 Å². The Hall–Kier alpha value is -3.59. The van der Waals surface area contributed by atoms with E-state index in [0.29, 0.717) is 43.6 Å². The second kappa shape index (κ2) is 8.19. The molecule has 0 bridgehead atoms. The SMILES string of the molecule is N#CC1(Cc2ccccn2)CCN(C(=O)c2cccnc2-c2ccncc2)CC1. The van der Waals surface area contributed by atoms with Crippen LogP contribution >= 0.6 is 0 Å². The Morgan fingerprint density at radius 2 is 1.76 bits per heavy atom. The van der Waals surface area contributed by atoms with Gasteiger partial charge in [-0.15, -0.1) is 0 Å². The smallest absolute Gasteiger partial charge is 0.256 e. The highest BCUT2D eigenvalue weighted by atomic mass is 16.2. The van der Waals surface area contributed by atoms with E-state index < -0.39 is 5.41 Å². The van der Waals surface area contributed by atoms with Gasteiger partial charge in [0.15, 0.2) is 0 Å². The second-order valence-electron chi connectivity index (χ2n) is 7.32. The number of carbonyl (C=O) groups is 1. The molecular formula is C23H21N5O. The molecule has 4 heterocycles. The number of nitriles is 1. The zero-order valence-electron chi connectivity index (χ0n) is 16.0. The van der Waals surface area contributed by atoms with Crippen molar-refractivity contribution >= 4 is 5.91 Å². The highest BCUT2D eigenvalue weighted by Gasteiger charge is 2.37. The van der Waals surface area contributed by atoms with Gasteiger partial charge in [0.2, 0.25) is 0 Å². The molecule has 1 aliphatic heterocycles. The van der Waals surface area contributed by atoms with Crippen molar-refractivity contribution in [2.24, 2.45) is 5.41 Å². The maximum Gasteiger partial charge on any atom is 0.256 e. The van der Waals surface area contributed by atoms with Gasteiger partial charge in [0, 0.05) is 55.6 Å². The molecule has 0 spiro atoms. The summed E-state index contributed by atoms with van der Waals surface area (Å²) in [7, 11) is 0. The van der Waals surface area contributed by atoms with E-state index >= 15 is 0 Å². The molecular weight excluding hydrogens is 362 g/mol. The molecule has 4 rings (SSSR count). The number of rotatable bonds is 4. The van der Waals surface area contributed by atoms with Crippen LogP contribution in [0.1, 0.15) is 28.9 Å². The standard InChI is InChI=1S/C23H21N5O/c24-17-23(16-19-4-1-2-10-26-19)8-14-28(15-9-23)22(29)20-5-3-11-27-21(20)18-6-12-25-13-7-18/h1-7,10-13H,8-9,14-16H2. The fraction of sp³-hybridized carbons (Fsp3) is 0.261. The van der Waals surface area contributed by atoms with E-state index in [1.807, 2.05) is 41.3 Å². The molecule has 6 heteroatoms. The van der Waals surface area contributed by atoms with Crippen LogP contribution in [0.15, 0.2) is 67.3 Å². The summed E-state index contributed by atoms with van der Waals surface area (Å²) >= 11 is 0. The van der Waals surface area contributed by atoms with E-state index in [2.05, 4.69) is 21.0 Å². The molecule has 0 saturated carbocycles. The molecule has 3 aromatic rings. The molecule has 144 valence electrons. The fourth-order valence-electron chi connectivity index (χ4n) is 3.80. The first-order chi connectivity index (χ1) is 14.2. The lowest BCUT2D eigenvalue weighted by molar-refractivity contribution is 0.0647. The first-order valence-corrected chi connectivity index (χ1v) is 9.67. The number of hydrogen-bond acceptors (Lipinski definition) is 5. The summed E-state index contributed by atoms with van der Waals surface area (Å²) in [6.07, 6.45) is 8.71. The quantitative estimate of drug-likeness (QED) is 0.688. The average molecular weight is 383 g/mol. The summed E-state index contributed by atoms with van der Waals surface area (Å²) in [5, 5.41) is 9.84. The number of pyridine rings is 3. The normalized spacial score (nSPS) is 15.5. The van der Waals surface area contributed by atoms with E-state index in [1.165, 1.54) is 0 Å². The number of nitrogens with zero attached hydrogens (tertiary/aromatic N) is 5. The minimum atomic E-state index is -0.478. The third-order valence-corrected chi connectivity index (χ3v) is 5.48.